The minimum absolute atomic E-state index is 0.0543. The molecule has 5 nitrogen and oxygen atoms in total. The van der Waals surface area contributed by atoms with Gasteiger partial charge in [-0.2, -0.15) is 0 Å². The van der Waals surface area contributed by atoms with Gasteiger partial charge in [0.2, 0.25) is 11.9 Å². The Labute approximate surface area is 116 Å². The first-order valence-corrected chi connectivity index (χ1v) is 6.55. The molecule has 0 unspecified atom stereocenters. The maximum atomic E-state index is 13.2. The first-order valence-electron chi connectivity index (χ1n) is 6.55. The molecule has 0 radical (unpaired) electrons. The molecule has 1 aliphatic rings. The van der Waals surface area contributed by atoms with Crippen molar-refractivity contribution >= 4 is 22.9 Å². The first-order chi connectivity index (χ1) is 9.44. The van der Waals surface area contributed by atoms with E-state index in [0.717, 1.165) is 18.4 Å². The van der Waals surface area contributed by atoms with Crippen LogP contribution in [-0.2, 0) is 11.8 Å². The van der Waals surface area contributed by atoms with Crippen molar-refractivity contribution in [1.29, 1.82) is 0 Å². The Kier molecular flexibility index (Phi) is 2.79. The van der Waals surface area contributed by atoms with Crippen molar-refractivity contribution in [2.45, 2.75) is 18.4 Å². The van der Waals surface area contributed by atoms with Crippen LogP contribution in [0.2, 0.25) is 0 Å². The summed E-state index contributed by atoms with van der Waals surface area (Å²) in [5.74, 6) is 0.0607. The van der Waals surface area contributed by atoms with Crippen molar-refractivity contribution in [3.05, 3.63) is 24.0 Å². The second-order valence-electron chi connectivity index (χ2n) is 5.51. The van der Waals surface area contributed by atoms with E-state index in [4.69, 9.17) is 0 Å². The molecule has 0 spiro atoms. The fourth-order valence-electron chi connectivity index (χ4n) is 2.50. The quantitative estimate of drug-likeness (QED) is 0.929. The SMILES string of the molecule is CN(C)C1(C(=O)Nc2nc3cc(F)ccc3n2C)CC1. The van der Waals surface area contributed by atoms with Crippen LogP contribution in [0.4, 0.5) is 10.3 Å². The number of imidazole rings is 1. The highest BCUT2D eigenvalue weighted by Gasteiger charge is 2.52. The lowest BCUT2D eigenvalue weighted by Crippen LogP contribution is -2.42. The molecule has 1 fully saturated rings. The van der Waals surface area contributed by atoms with Crippen LogP contribution >= 0.6 is 0 Å². The number of carbonyl (C=O) groups is 1. The highest BCUT2D eigenvalue weighted by atomic mass is 19.1. The third-order valence-electron chi connectivity index (χ3n) is 4.07. The lowest BCUT2D eigenvalue weighted by molar-refractivity contribution is -0.121. The number of anilines is 1. The van der Waals surface area contributed by atoms with E-state index in [1.54, 1.807) is 17.7 Å². The van der Waals surface area contributed by atoms with E-state index in [0.29, 0.717) is 11.5 Å². The van der Waals surface area contributed by atoms with Gasteiger partial charge in [-0.05, 0) is 39.1 Å². The number of carbonyl (C=O) groups excluding carboxylic acids is 1. The summed E-state index contributed by atoms with van der Waals surface area (Å²) in [5.41, 5.74) is 0.914. The molecule has 0 saturated heterocycles. The molecule has 1 saturated carbocycles. The number of likely N-dealkylation sites (N-methyl/N-ethyl adjacent to an activating group) is 1. The van der Waals surface area contributed by atoms with E-state index in [1.807, 2.05) is 19.0 Å². The molecule has 0 atom stereocenters. The van der Waals surface area contributed by atoms with Crippen LogP contribution in [-0.4, -0.2) is 40.0 Å². The van der Waals surface area contributed by atoms with Crippen LogP contribution in [0, 0.1) is 5.82 Å². The standard InChI is InChI=1S/C14H17FN4O/c1-18(2)14(6-7-14)12(20)17-13-16-10-8-9(15)4-5-11(10)19(13)3/h4-5,8H,6-7H2,1-3H3,(H,16,17,20). The molecule has 1 heterocycles. The van der Waals surface area contributed by atoms with Crippen LogP contribution in [0.15, 0.2) is 18.2 Å². The van der Waals surface area contributed by atoms with Crippen LogP contribution in [0.5, 0.6) is 0 Å². The van der Waals surface area contributed by atoms with Gasteiger partial charge in [0.05, 0.1) is 11.0 Å². The average molecular weight is 276 g/mol. The van der Waals surface area contributed by atoms with Gasteiger partial charge in [0.15, 0.2) is 0 Å². The Morgan fingerprint density at radius 3 is 2.75 bits per heavy atom. The van der Waals surface area contributed by atoms with Crippen molar-refractivity contribution in [1.82, 2.24) is 14.5 Å². The summed E-state index contributed by atoms with van der Waals surface area (Å²) in [7, 11) is 5.60. The zero-order chi connectivity index (χ0) is 14.5. The predicted molar refractivity (Wildman–Crippen MR) is 75.0 cm³/mol. The summed E-state index contributed by atoms with van der Waals surface area (Å²) in [6, 6.07) is 4.41. The number of hydrogen-bond donors (Lipinski definition) is 1. The zero-order valence-electron chi connectivity index (χ0n) is 11.8. The second kappa shape index (κ2) is 4.28. The molecule has 1 aromatic carbocycles. The summed E-state index contributed by atoms with van der Waals surface area (Å²) in [4.78, 5) is 18.6. The van der Waals surface area contributed by atoms with Crippen LogP contribution in [0.25, 0.3) is 11.0 Å². The maximum Gasteiger partial charge on any atom is 0.247 e. The van der Waals surface area contributed by atoms with Gasteiger partial charge in [0.1, 0.15) is 11.4 Å². The van der Waals surface area contributed by atoms with Gasteiger partial charge >= 0.3 is 0 Å². The number of hydrogen-bond acceptors (Lipinski definition) is 3. The molecule has 0 aliphatic heterocycles. The minimum Gasteiger partial charge on any atom is -0.313 e. The Bertz CT molecular complexity index is 688. The van der Waals surface area contributed by atoms with E-state index in [-0.39, 0.29) is 11.7 Å². The number of nitrogens with zero attached hydrogens (tertiary/aromatic N) is 3. The normalized spacial score (nSPS) is 16.6. The van der Waals surface area contributed by atoms with E-state index in [9.17, 15) is 9.18 Å². The lowest BCUT2D eigenvalue weighted by atomic mass is 10.2. The molecular formula is C14H17FN4O. The van der Waals surface area contributed by atoms with Gasteiger partial charge in [-0.3, -0.25) is 15.0 Å². The van der Waals surface area contributed by atoms with Gasteiger partial charge < -0.3 is 4.57 Å². The van der Waals surface area contributed by atoms with Gasteiger partial charge in [-0.25, -0.2) is 9.37 Å². The summed E-state index contributed by atoms with van der Waals surface area (Å²) < 4.78 is 15.0. The molecule has 3 rings (SSSR count). The van der Waals surface area contributed by atoms with E-state index in [1.165, 1.54) is 12.1 Å². The van der Waals surface area contributed by atoms with Crippen molar-refractivity contribution in [3.63, 3.8) is 0 Å². The molecular weight excluding hydrogens is 259 g/mol. The van der Waals surface area contributed by atoms with Crippen LogP contribution in [0.3, 0.4) is 0 Å². The van der Waals surface area contributed by atoms with Crippen molar-refractivity contribution < 1.29 is 9.18 Å². The van der Waals surface area contributed by atoms with Gasteiger partial charge in [-0.15, -0.1) is 0 Å². The Hall–Kier alpha value is -1.95. The minimum atomic E-state index is -0.413. The molecule has 1 N–H and O–H groups in total. The number of aromatic nitrogens is 2. The van der Waals surface area contributed by atoms with Crippen molar-refractivity contribution in [3.8, 4) is 0 Å². The van der Waals surface area contributed by atoms with Crippen LogP contribution in [0.1, 0.15) is 12.8 Å². The molecule has 106 valence electrons. The highest BCUT2D eigenvalue weighted by molar-refractivity contribution is 6.00. The molecule has 2 aromatic rings. The first kappa shape index (κ1) is 13.1. The Morgan fingerprint density at radius 2 is 2.15 bits per heavy atom. The number of rotatable bonds is 3. The fourth-order valence-corrected chi connectivity index (χ4v) is 2.50. The molecule has 1 amide bonds. The zero-order valence-corrected chi connectivity index (χ0v) is 11.8. The second-order valence-corrected chi connectivity index (χ2v) is 5.51. The maximum absolute atomic E-state index is 13.2. The van der Waals surface area contributed by atoms with E-state index < -0.39 is 5.54 Å². The number of fused-ring (bicyclic) bond motifs is 1. The highest BCUT2D eigenvalue weighted by Crippen LogP contribution is 2.41. The predicted octanol–water partition coefficient (Wildman–Crippen LogP) is 1.75. The van der Waals surface area contributed by atoms with E-state index >= 15 is 0 Å². The number of halogens is 1. The number of nitrogens with one attached hydrogen (secondary N) is 1. The summed E-state index contributed by atoms with van der Waals surface area (Å²) in [5, 5.41) is 2.85. The van der Waals surface area contributed by atoms with Crippen LogP contribution < -0.4 is 5.32 Å². The van der Waals surface area contributed by atoms with Gasteiger partial charge in [0, 0.05) is 13.1 Å². The summed E-state index contributed by atoms with van der Waals surface area (Å²) in [6.45, 7) is 0. The number of benzene rings is 1. The third kappa shape index (κ3) is 1.87. The third-order valence-corrected chi connectivity index (χ3v) is 4.07. The number of aryl methyl sites for hydroxylation is 1. The smallest absolute Gasteiger partial charge is 0.247 e. The average Bonchev–Trinajstić information content (AvgIpc) is 3.14. The molecule has 1 aromatic heterocycles. The van der Waals surface area contributed by atoms with Gasteiger partial charge in [0.25, 0.3) is 0 Å². The lowest BCUT2D eigenvalue weighted by Gasteiger charge is -2.22. The van der Waals surface area contributed by atoms with Crippen molar-refractivity contribution in [2.24, 2.45) is 7.05 Å². The van der Waals surface area contributed by atoms with Crippen molar-refractivity contribution in [2.75, 3.05) is 19.4 Å². The Balaban J connectivity index is 1.92. The molecule has 1 aliphatic carbocycles. The molecule has 0 bridgehead atoms. The topological polar surface area (TPSA) is 50.2 Å². The van der Waals surface area contributed by atoms with E-state index in [2.05, 4.69) is 10.3 Å². The molecule has 20 heavy (non-hydrogen) atoms. The number of amides is 1. The molecule has 6 heteroatoms. The fraction of sp³-hybridized carbons (Fsp3) is 0.429. The summed E-state index contributed by atoms with van der Waals surface area (Å²) >= 11 is 0. The van der Waals surface area contributed by atoms with Gasteiger partial charge in [-0.1, -0.05) is 0 Å². The Morgan fingerprint density at radius 1 is 1.45 bits per heavy atom. The monoisotopic (exact) mass is 276 g/mol. The summed E-state index contributed by atoms with van der Waals surface area (Å²) in [6.07, 6.45) is 1.70. The largest absolute Gasteiger partial charge is 0.313 e.